The summed E-state index contributed by atoms with van der Waals surface area (Å²) in [6.07, 6.45) is 1.09. The van der Waals surface area contributed by atoms with Crippen LogP contribution >= 0.6 is 0 Å². The van der Waals surface area contributed by atoms with E-state index in [2.05, 4.69) is 4.98 Å². The molecule has 0 saturated carbocycles. The zero-order chi connectivity index (χ0) is 10.1. The molecular weight excluding hydrogens is 200 g/mol. The van der Waals surface area contributed by atoms with Crippen LogP contribution < -0.4 is 11.2 Å². The Hall–Kier alpha value is -1.41. The Morgan fingerprint density at radius 3 is 2.54 bits per heavy atom. The molecule has 7 nitrogen and oxygen atoms in total. The molecule has 0 fully saturated rings. The summed E-state index contributed by atoms with van der Waals surface area (Å²) >= 11 is 0. The molecule has 0 radical (unpaired) electrons. The van der Waals surface area contributed by atoms with Crippen molar-refractivity contribution < 1.29 is 13.0 Å². The third-order valence-electron chi connectivity index (χ3n) is 1.24. The lowest BCUT2D eigenvalue weighted by Crippen LogP contribution is -2.36. The van der Waals surface area contributed by atoms with Gasteiger partial charge in [0.2, 0.25) is 0 Å². The van der Waals surface area contributed by atoms with Crippen molar-refractivity contribution in [3.8, 4) is 0 Å². The van der Waals surface area contributed by atoms with Crippen molar-refractivity contribution in [2.24, 2.45) is 0 Å². The van der Waals surface area contributed by atoms with Crippen molar-refractivity contribution in [2.75, 3.05) is 0 Å². The van der Waals surface area contributed by atoms with Gasteiger partial charge in [-0.15, -0.1) is 0 Å². The zero-order valence-electron chi connectivity index (χ0n) is 6.30. The lowest BCUT2D eigenvalue weighted by atomic mass is 10.6. The molecule has 0 saturated heterocycles. The monoisotopic (exact) mass is 206 g/mol. The maximum atomic E-state index is 10.9. The van der Waals surface area contributed by atoms with Gasteiger partial charge < -0.3 is 4.98 Å². The highest BCUT2D eigenvalue weighted by Gasteiger charge is 2.09. The average molecular weight is 206 g/mol. The summed E-state index contributed by atoms with van der Waals surface area (Å²) in [6.45, 7) is 0. The van der Waals surface area contributed by atoms with Gasteiger partial charge >= 0.3 is 5.69 Å². The van der Waals surface area contributed by atoms with E-state index < -0.39 is 27.2 Å². The quantitative estimate of drug-likeness (QED) is 0.565. The minimum atomic E-state index is -4.38. The minimum absolute atomic E-state index is 0.370. The Bertz CT molecular complexity index is 482. The van der Waals surface area contributed by atoms with Crippen molar-refractivity contribution in [1.29, 1.82) is 0 Å². The van der Waals surface area contributed by atoms with Gasteiger partial charge in [0.1, 0.15) is 0 Å². The number of rotatable bonds is 2. The van der Waals surface area contributed by atoms with Gasteiger partial charge in [0, 0.05) is 12.3 Å². The topological polar surface area (TPSA) is 109 Å². The Kier molecular flexibility index (Phi) is 2.34. The molecule has 1 heterocycles. The molecule has 0 atom stereocenters. The Morgan fingerprint density at radius 2 is 2.08 bits per heavy atom. The Morgan fingerprint density at radius 1 is 1.46 bits per heavy atom. The first-order valence-electron chi connectivity index (χ1n) is 3.14. The summed E-state index contributed by atoms with van der Waals surface area (Å²) in [5.74, 6) is -1.04. The van der Waals surface area contributed by atoms with Crippen molar-refractivity contribution in [2.45, 2.75) is 5.88 Å². The fourth-order valence-corrected chi connectivity index (χ4v) is 1.31. The number of aromatic nitrogens is 2. The summed E-state index contributed by atoms with van der Waals surface area (Å²) in [5.41, 5.74) is -1.67. The third kappa shape index (κ3) is 2.53. The molecule has 0 aliphatic rings. The maximum Gasteiger partial charge on any atom is 0.329 e. The Labute approximate surface area is 72.4 Å². The van der Waals surface area contributed by atoms with Crippen LogP contribution in [0.25, 0.3) is 0 Å². The molecule has 0 aliphatic carbocycles. The maximum absolute atomic E-state index is 10.9. The lowest BCUT2D eigenvalue weighted by Gasteiger charge is -1.98. The fourth-order valence-electron chi connectivity index (χ4n) is 0.738. The molecule has 0 aliphatic heterocycles. The van der Waals surface area contributed by atoms with Crippen LogP contribution in [0, 0.1) is 0 Å². The first kappa shape index (κ1) is 9.68. The molecular formula is C5H6N2O5S. The molecule has 0 aromatic carbocycles. The molecule has 72 valence electrons. The second-order valence-corrected chi connectivity index (χ2v) is 3.68. The van der Waals surface area contributed by atoms with Gasteiger partial charge in [-0.1, -0.05) is 0 Å². The second kappa shape index (κ2) is 3.15. The van der Waals surface area contributed by atoms with Gasteiger partial charge in [0.05, 0.1) is 0 Å². The van der Waals surface area contributed by atoms with Gasteiger partial charge in [-0.2, -0.15) is 8.42 Å². The molecule has 0 spiro atoms. The third-order valence-corrected chi connectivity index (χ3v) is 1.82. The van der Waals surface area contributed by atoms with Gasteiger partial charge in [0.15, 0.2) is 5.88 Å². The molecule has 0 amide bonds. The van der Waals surface area contributed by atoms with Crippen LogP contribution in [-0.4, -0.2) is 22.5 Å². The molecule has 1 rings (SSSR count). The lowest BCUT2D eigenvalue weighted by molar-refractivity contribution is 0.468. The summed E-state index contributed by atoms with van der Waals surface area (Å²) in [4.78, 5) is 23.8. The van der Waals surface area contributed by atoms with Gasteiger partial charge in [0.25, 0.3) is 15.7 Å². The van der Waals surface area contributed by atoms with E-state index in [1.807, 2.05) is 0 Å². The normalized spacial score (nSPS) is 11.5. The summed E-state index contributed by atoms with van der Waals surface area (Å²) in [5, 5.41) is 0. The van der Waals surface area contributed by atoms with Gasteiger partial charge in [-0.25, -0.2) is 9.36 Å². The van der Waals surface area contributed by atoms with E-state index in [4.69, 9.17) is 4.55 Å². The number of nitrogens with zero attached hydrogens (tertiary/aromatic N) is 1. The van der Waals surface area contributed by atoms with Crippen LogP contribution in [0.1, 0.15) is 0 Å². The second-order valence-electron chi connectivity index (χ2n) is 2.26. The molecule has 0 bridgehead atoms. The van der Waals surface area contributed by atoms with Crippen LogP contribution in [-0.2, 0) is 16.0 Å². The van der Waals surface area contributed by atoms with Crippen LogP contribution in [0.5, 0.6) is 0 Å². The van der Waals surface area contributed by atoms with Crippen LogP contribution in [0.2, 0.25) is 0 Å². The molecule has 1 aromatic heterocycles. The highest BCUT2D eigenvalue weighted by atomic mass is 32.2. The SMILES string of the molecule is O=c1cc[nH]c(=O)n1CS(=O)(=O)O. The first-order valence-corrected chi connectivity index (χ1v) is 4.75. The predicted molar refractivity (Wildman–Crippen MR) is 42.9 cm³/mol. The van der Waals surface area contributed by atoms with Gasteiger partial charge in [-0.05, 0) is 0 Å². The number of hydrogen-bond donors (Lipinski definition) is 2. The largest absolute Gasteiger partial charge is 0.329 e. The highest BCUT2D eigenvalue weighted by Crippen LogP contribution is 1.82. The van der Waals surface area contributed by atoms with E-state index >= 15 is 0 Å². The van der Waals surface area contributed by atoms with E-state index in [1.54, 1.807) is 0 Å². The van der Waals surface area contributed by atoms with Crippen LogP contribution in [0.15, 0.2) is 21.9 Å². The standard InChI is InChI=1S/C5H6N2O5S/c8-4-1-2-6-5(9)7(4)3-13(10,11)12/h1-2H,3H2,(H,6,9)(H,10,11,12). The van der Waals surface area contributed by atoms with Crippen molar-refractivity contribution >= 4 is 10.1 Å². The highest BCUT2D eigenvalue weighted by molar-refractivity contribution is 7.84. The van der Waals surface area contributed by atoms with Crippen molar-refractivity contribution in [3.63, 3.8) is 0 Å². The summed E-state index contributed by atoms with van der Waals surface area (Å²) < 4.78 is 29.4. The zero-order valence-corrected chi connectivity index (χ0v) is 7.11. The number of hydrogen-bond acceptors (Lipinski definition) is 4. The first-order chi connectivity index (χ1) is 5.90. The van der Waals surface area contributed by atoms with Crippen LogP contribution in [0.4, 0.5) is 0 Å². The summed E-state index contributed by atoms with van der Waals surface area (Å²) in [7, 11) is -4.38. The predicted octanol–water partition coefficient (Wildman–Crippen LogP) is -1.62. The molecule has 1 aromatic rings. The fraction of sp³-hybridized carbons (Fsp3) is 0.200. The van der Waals surface area contributed by atoms with Crippen LogP contribution in [0.3, 0.4) is 0 Å². The average Bonchev–Trinajstić information content (AvgIpc) is 1.95. The number of H-pyrrole nitrogens is 1. The van der Waals surface area contributed by atoms with E-state index in [1.165, 1.54) is 0 Å². The molecule has 13 heavy (non-hydrogen) atoms. The smallest absolute Gasteiger partial charge is 0.314 e. The van der Waals surface area contributed by atoms with Crippen molar-refractivity contribution in [1.82, 2.24) is 9.55 Å². The van der Waals surface area contributed by atoms with E-state index in [0.717, 1.165) is 12.3 Å². The van der Waals surface area contributed by atoms with Crippen molar-refractivity contribution in [3.05, 3.63) is 33.1 Å². The van der Waals surface area contributed by atoms with E-state index in [-0.39, 0.29) is 0 Å². The van der Waals surface area contributed by atoms with E-state index in [0.29, 0.717) is 4.57 Å². The molecule has 8 heteroatoms. The molecule has 2 N–H and O–H groups in total. The van der Waals surface area contributed by atoms with E-state index in [9.17, 15) is 18.0 Å². The summed E-state index contributed by atoms with van der Waals surface area (Å²) in [6, 6.07) is 0.979. The minimum Gasteiger partial charge on any atom is -0.314 e. The molecule has 0 unspecified atom stereocenters. The van der Waals surface area contributed by atoms with Gasteiger partial charge in [-0.3, -0.25) is 9.35 Å². The number of nitrogens with one attached hydrogen (secondary N) is 1. The number of aromatic amines is 1. The Balaban J connectivity index is 3.32.